The van der Waals surface area contributed by atoms with Gasteiger partial charge >= 0.3 is 17.9 Å². The van der Waals surface area contributed by atoms with Gasteiger partial charge in [-0.1, -0.05) is 0 Å². The first kappa shape index (κ1) is 16.4. The summed E-state index contributed by atoms with van der Waals surface area (Å²) in [5.74, 6) is -1.93. The molecule has 0 aromatic rings. The summed E-state index contributed by atoms with van der Waals surface area (Å²) < 4.78 is 20.0. The van der Waals surface area contributed by atoms with Crippen molar-refractivity contribution in [1.82, 2.24) is 0 Å². The number of esters is 3. The van der Waals surface area contributed by atoms with Gasteiger partial charge in [0.1, 0.15) is 0 Å². The summed E-state index contributed by atoms with van der Waals surface area (Å²) >= 11 is 0. The summed E-state index contributed by atoms with van der Waals surface area (Å²) in [6.45, 7) is 5.03. The summed E-state index contributed by atoms with van der Waals surface area (Å²) in [6.07, 6.45) is -5.64. The van der Waals surface area contributed by atoms with E-state index >= 15 is 0 Å². The van der Waals surface area contributed by atoms with Gasteiger partial charge in [0.15, 0.2) is 18.3 Å². The number of carbonyl (C=O) groups is 3. The third-order valence-corrected chi connectivity index (χ3v) is 2.64. The van der Waals surface area contributed by atoms with Gasteiger partial charge in [-0.3, -0.25) is 14.4 Å². The van der Waals surface area contributed by atoms with Gasteiger partial charge in [0, 0.05) is 20.8 Å². The van der Waals surface area contributed by atoms with Crippen LogP contribution in [0, 0.1) is 0 Å². The van der Waals surface area contributed by atoms with E-state index in [2.05, 4.69) is 0 Å². The van der Waals surface area contributed by atoms with E-state index in [4.69, 9.17) is 18.9 Å². The number of rotatable bonds is 3. The number of ether oxygens (including phenoxy) is 4. The zero-order chi connectivity index (χ0) is 15.4. The van der Waals surface area contributed by atoms with E-state index in [-0.39, 0.29) is 0 Å². The Morgan fingerprint density at radius 3 is 1.80 bits per heavy atom. The maximum atomic E-state index is 11.1. The van der Waals surface area contributed by atoms with E-state index in [0.717, 1.165) is 13.8 Å². The Morgan fingerprint density at radius 2 is 1.35 bits per heavy atom. The lowest BCUT2D eigenvalue weighted by Gasteiger charge is -2.41. The molecule has 0 radical (unpaired) electrons. The van der Waals surface area contributed by atoms with Gasteiger partial charge in [0.2, 0.25) is 6.29 Å². The predicted octanol–water partition coefficient (Wildman–Crippen LogP) is -0.481. The van der Waals surface area contributed by atoms with Crippen LogP contribution in [0.25, 0.3) is 0 Å². The zero-order valence-electron chi connectivity index (χ0n) is 11.7. The fourth-order valence-corrected chi connectivity index (χ4v) is 1.93. The Labute approximate surface area is 115 Å². The average molecular weight is 290 g/mol. The molecule has 1 saturated heterocycles. The zero-order valence-corrected chi connectivity index (χ0v) is 11.7. The van der Waals surface area contributed by atoms with Crippen LogP contribution in [-0.4, -0.2) is 53.7 Å². The second-order valence-corrected chi connectivity index (χ2v) is 4.46. The monoisotopic (exact) mass is 290 g/mol. The molecule has 20 heavy (non-hydrogen) atoms. The van der Waals surface area contributed by atoms with Crippen molar-refractivity contribution < 1.29 is 38.4 Å². The van der Waals surface area contributed by atoms with E-state index in [1.165, 1.54) is 6.92 Å². The molecule has 0 aliphatic carbocycles. The van der Waals surface area contributed by atoms with Crippen LogP contribution in [0.1, 0.15) is 27.7 Å². The molecule has 0 spiro atoms. The molecule has 0 aromatic heterocycles. The summed E-state index contributed by atoms with van der Waals surface area (Å²) in [6, 6.07) is 0. The Hall–Kier alpha value is -1.67. The highest BCUT2D eigenvalue weighted by Gasteiger charge is 2.49. The van der Waals surface area contributed by atoms with Crippen molar-refractivity contribution in [2.45, 2.75) is 58.4 Å². The molecule has 1 rings (SSSR count). The van der Waals surface area contributed by atoms with Crippen LogP contribution in [0.15, 0.2) is 0 Å². The minimum absolute atomic E-state index is 0.610. The quantitative estimate of drug-likeness (QED) is 0.548. The van der Waals surface area contributed by atoms with Gasteiger partial charge in [-0.2, -0.15) is 0 Å². The van der Waals surface area contributed by atoms with Crippen LogP contribution in [0.5, 0.6) is 0 Å². The van der Waals surface area contributed by atoms with E-state index in [0.29, 0.717) is 0 Å². The van der Waals surface area contributed by atoms with Crippen LogP contribution in [0.3, 0.4) is 0 Å². The summed E-state index contributed by atoms with van der Waals surface area (Å²) in [5, 5.41) is 10.1. The minimum Gasteiger partial charge on any atom is -0.456 e. The molecule has 8 nitrogen and oxygen atoms in total. The average Bonchev–Trinajstić information content (AvgIpc) is 2.28. The van der Waals surface area contributed by atoms with Crippen LogP contribution < -0.4 is 0 Å². The third-order valence-electron chi connectivity index (χ3n) is 2.64. The molecular formula is C12H18O8. The molecule has 1 N–H and O–H groups in total. The molecule has 0 aromatic carbocycles. The molecule has 1 heterocycles. The number of aliphatic hydroxyl groups excluding tert-OH is 1. The van der Waals surface area contributed by atoms with Gasteiger partial charge in [0.25, 0.3) is 0 Å². The fraction of sp³-hybridized carbons (Fsp3) is 0.750. The lowest BCUT2D eigenvalue weighted by Crippen LogP contribution is -2.60. The highest BCUT2D eigenvalue weighted by Crippen LogP contribution is 2.26. The van der Waals surface area contributed by atoms with E-state index < -0.39 is 48.6 Å². The third kappa shape index (κ3) is 4.17. The second-order valence-electron chi connectivity index (χ2n) is 4.46. The highest BCUT2D eigenvalue weighted by atomic mass is 16.7. The molecular weight excluding hydrogens is 272 g/mol. The summed E-state index contributed by atoms with van der Waals surface area (Å²) in [7, 11) is 0. The lowest BCUT2D eigenvalue weighted by molar-refractivity contribution is -0.289. The summed E-state index contributed by atoms with van der Waals surface area (Å²) in [5.41, 5.74) is 0. The van der Waals surface area contributed by atoms with Crippen LogP contribution in [0.4, 0.5) is 0 Å². The van der Waals surface area contributed by atoms with Crippen molar-refractivity contribution in [2.75, 3.05) is 0 Å². The molecule has 5 atom stereocenters. The second kappa shape index (κ2) is 6.67. The van der Waals surface area contributed by atoms with Gasteiger partial charge < -0.3 is 24.1 Å². The van der Waals surface area contributed by atoms with Crippen LogP contribution in [0.2, 0.25) is 0 Å². The molecule has 0 saturated carbocycles. The Bertz CT molecular complexity index is 393. The first-order valence-corrected chi connectivity index (χ1v) is 6.07. The predicted molar refractivity (Wildman–Crippen MR) is 63.2 cm³/mol. The van der Waals surface area contributed by atoms with E-state index in [1.54, 1.807) is 6.92 Å². The molecule has 1 unspecified atom stereocenters. The first-order chi connectivity index (χ1) is 9.22. The van der Waals surface area contributed by atoms with E-state index in [9.17, 15) is 19.5 Å². The number of aliphatic hydroxyl groups is 1. The maximum absolute atomic E-state index is 11.1. The number of hydrogen-bond donors (Lipinski definition) is 1. The summed E-state index contributed by atoms with van der Waals surface area (Å²) in [4.78, 5) is 33.1. The molecule has 1 aliphatic rings. The van der Waals surface area contributed by atoms with Crippen molar-refractivity contribution in [3.63, 3.8) is 0 Å². The van der Waals surface area contributed by atoms with Crippen LogP contribution >= 0.6 is 0 Å². The van der Waals surface area contributed by atoms with Crippen molar-refractivity contribution in [3.8, 4) is 0 Å². The largest absolute Gasteiger partial charge is 0.456 e. The molecule has 0 bridgehead atoms. The van der Waals surface area contributed by atoms with Gasteiger partial charge in [-0.05, 0) is 6.92 Å². The molecule has 1 aliphatic heterocycles. The number of carbonyl (C=O) groups excluding carboxylic acids is 3. The standard InChI is InChI=1S/C12H18O8/c1-5-10(18-6(2)13)11(19-7(3)14)9(16)12(17-5)20-8(4)15/h5,9-12,16H,1-4H3/t5-,9+,10-,11-,12?/m0/s1. The Kier molecular flexibility index (Phi) is 5.46. The van der Waals surface area contributed by atoms with Crippen LogP contribution in [-0.2, 0) is 33.3 Å². The topological polar surface area (TPSA) is 108 Å². The van der Waals surface area contributed by atoms with Crippen molar-refractivity contribution in [1.29, 1.82) is 0 Å². The Balaban J connectivity index is 2.93. The first-order valence-electron chi connectivity index (χ1n) is 6.07. The number of hydrogen-bond acceptors (Lipinski definition) is 8. The molecule has 8 heteroatoms. The normalized spacial score (nSPS) is 33.1. The van der Waals surface area contributed by atoms with Gasteiger partial charge in [0.05, 0.1) is 6.10 Å². The smallest absolute Gasteiger partial charge is 0.305 e. The molecule has 0 amide bonds. The molecule has 114 valence electrons. The Morgan fingerprint density at radius 1 is 0.900 bits per heavy atom. The van der Waals surface area contributed by atoms with Crippen molar-refractivity contribution in [3.05, 3.63) is 0 Å². The maximum Gasteiger partial charge on any atom is 0.305 e. The molecule has 1 fully saturated rings. The highest BCUT2D eigenvalue weighted by molar-refractivity contribution is 5.68. The van der Waals surface area contributed by atoms with Gasteiger partial charge in [-0.15, -0.1) is 0 Å². The van der Waals surface area contributed by atoms with Crippen molar-refractivity contribution >= 4 is 17.9 Å². The SMILES string of the molecule is CC(=O)OC1O[C@@H](C)[C@H](OC(C)=O)[C@@H](OC(C)=O)[C@H]1O. The van der Waals surface area contributed by atoms with Crippen molar-refractivity contribution in [2.24, 2.45) is 0 Å². The van der Waals surface area contributed by atoms with Gasteiger partial charge in [-0.25, -0.2) is 0 Å². The van der Waals surface area contributed by atoms with E-state index in [1.807, 2.05) is 0 Å². The fourth-order valence-electron chi connectivity index (χ4n) is 1.93. The lowest BCUT2D eigenvalue weighted by atomic mass is 9.99. The minimum atomic E-state index is -1.46.